The highest BCUT2D eigenvalue weighted by atomic mass is 32.2. The van der Waals surface area contributed by atoms with Gasteiger partial charge >= 0.3 is 22.0 Å². The van der Waals surface area contributed by atoms with Crippen LogP contribution in [0.4, 0.5) is 24.7 Å². The molecule has 45 heavy (non-hydrogen) atoms. The van der Waals surface area contributed by atoms with E-state index in [-0.39, 0.29) is 17.2 Å². The van der Waals surface area contributed by atoms with Crippen LogP contribution in [0.3, 0.4) is 0 Å². The molecule has 0 spiro atoms. The third-order valence-electron chi connectivity index (χ3n) is 7.53. The molecule has 2 aromatic heterocycles. The van der Waals surface area contributed by atoms with Crippen molar-refractivity contribution >= 4 is 32.4 Å². The van der Waals surface area contributed by atoms with Crippen molar-refractivity contribution in [3.05, 3.63) is 123 Å². The molecule has 1 N–H and O–H groups in total. The Balaban J connectivity index is 1.18. The minimum Gasteiger partial charge on any atom is -0.379 e. The summed E-state index contributed by atoms with van der Waals surface area (Å²) in [6, 6.07) is 19.0. The molecule has 1 aliphatic rings. The van der Waals surface area contributed by atoms with Crippen LogP contribution in [0.1, 0.15) is 11.1 Å². The molecule has 1 aliphatic heterocycles. The standard InChI is InChI=1S/C31H26F3N5O5S/c32-31(33,34)23-4-2-5-24(17-23)37-13-15-38(16-14-37)29-18-28(40)36-30(41)39(29)20-21-7-9-25(10-8-21)44-45(42,43)27-6-1-3-22-19-35-12-11-26(22)27/h1-12,17-19H,13-16,20H2,(H,36,40,41). The minimum atomic E-state index is -4.45. The number of H-pyrrole nitrogens is 1. The second kappa shape index (κ2) is 11.8. The summed E-state index contributed by atoms with van der Waals surface area (Å²) in [6.07, 6.45) is -1.39. The molecule has 5 aromatic rings. The van der Waals surface area contributed by atoms with E-state index < -0.39 is 33.1 Å². The molecule has 1 fully saturated rings. The molecule has 0 unspecified atom stereocenters. The third kappa shape index (κ3) is 6.41. The number of nitrogens with one attached hydrogen (secondary N) is 1. The minimum absolute atomic E-state index is 0.00376. The van der Waals surface area contributed by atoms with Gasteiger partial charge in [-0.25, -0.2) is 4.79 Å². The highest BCUT2D eigenvalue weighted by Gasteiger charge is 2.31. The van der Waals surface area contributed by atoms with Crippen molar-refractivity contribution in [2.75, 3.05) is 36.0 Å². The smallest absolute Gasteiger partial charge is 0.379 e. The second-order valence-electron chi connectivity index (χ2n) is 10.4. The van der Waals surface area contributed by atoms with Crippen molar-refractivity contribution in [1.29, 1.82) is 0 Å². The van der Waals surface area contributed by atoms with E-state index in [4.69, 9.17) is 4.18 Å². The molecule has 6 rings (SSSR count). The summed E-state index contributed by atoms with van der Waals surface area (Å²) in [7, 11) is -4.17. The predicted octanol–water partition coefficient (Wildman–Crippen LogP) is 4.25. The van der Waals surface area contributed by atoms with Crippen LogP contribution in [-0.2, 0) is 22.8 Å². The number of pyridine rings is 1. The topological polar surface area (TPSA) is 118 Å². The Kier molecular flexibility index (Phi) is 7.83. The Morgan fingerprint density at radius 3 is 2.31 bits per heavy atom. The molecule has 10 nitrogen and oxygen atoms in total. The summed E-state index contributed by atoms with van der Waals surface area (Å²) in [5.41, 5.74) is -0.870. The van der Waals surface area contributed by atoms with Crippen molar-refractivity contribution in [2.45, 2.75) is 17.6 Å². The number of nitrogens with zero attached hydrogens (tertiary/aromatic N) is 4. The van der Waals surface area contributed by atoms with E-state index in [2.05, 4.69) is 9.97 Å². The first-order valence-corrected chi connectivity index (χ1v) is 15.3. The van der Waals surface area contributed by atoms with E-state index in [9.17, 15) is 31.2 Å². The van der Waals surface area contributed by atoms with Gasteiger partial charge in [-0.1, -0.05) is 30.3 Å². The van der Waals surface area contributed by atoms with Crippen molar-refractivity contribution in [2.24, 2.45) is 0 Å². The molecule has 3 heterocycles. The Bertz CT molecular complexity index is 2080. The number of halogens is 3. The normalized spacial score (nSPS) is 14.1. The number of piperazine rings is 1. The molecule has 14 heteroatoms. The summed E-state index contributed by atoms with van der Waals surface area (Å²) in [4.78, 5) is 35.1. The van der Waals surface area contributed by atoms with Gasteiger partial charge in [0.25, 0.3) is 5.56 Å². The van der Waals surface area contributed by atoms with E-state index in [1.165, 1.54) is 41.1 Å². The lowest BCUT2D eigenvalue weighted by Crippen LogP contribution is -2.49. The number of rotatable bonds is 7. The van der Waals surface area contributed by atoms with Crippen LogP contribution < -0.4 is 25.2 Å². The Morgan fingerprint density at radius 2 is 1.58 bits per heavy atom. The van der Waals surface area contributed by atoms with E-state index in [0.29, 0.717) is 54.0 Å². The second-order valence-corrected chi connectivity index (χ2v) is 12.0. The zero-order valence-electron chi connectivity index (χ0n) is 23.6. The SMILES string of the molecule is O=c1cc(N2CCN(c3cccc(C(F)(F)F)c3)CC2)n(Cc2ccc(OS(=O)(=O)c3cccc4cnccc34)cc2)c(=O)[nH]1. The summed E-state index contributed by atoms with van der Waals surface area (Å²) >= 11 is 0. The lowest BCUT2D eigenvalue weighted by molar-refractivity contribution is -0.137. The third-order valence-corrected chi connectivity index (χ3v) is 8.84. The molecule has 1 saturated heterocycles. The van der Waals surface area contributed by atoms with Crippen LogP contribution in [-0.4, -0.2) is 49.1 Å². The van der Waals surface area contributed by atoms with Crippen LogP contribution in [0.15, 0.2) is 106 Å². The van der Waals surface area contributed by atoms with Gasteiger partial charge < -0.3 is 14.0 Å². The average Bonchev–Trinajstić information content (AvgIpc) is 3.02. The Hall–Kier alpha value is -5.11. The van der Waals surface area contributed by atoms with Crippen molar-refractivity contribution in [1.82, 2.24) is 14.5 Å². The Labute approximate surface area is 255 Å². The highest BCUT2D eigenvalue weighted by molar-refractivity contribution is 7.87. The van der Waals surface area contributed by atoms with Gasteiger partial charge in [-0.15, -0.1) is 0 Å². The number of alkyl halides is 3. The summed E-state index contributed by atoms with van der Waals surface area (Å²) in [5.74, 6) is 0.436. The van der Waals surface area contributed by atoms with Gasteiger partial charge in [0.1, 0.15) is 16.5 Å². The number of hydrogen-bond acceptors (Lipinski definition) is 8. The zero-order chi connectivity index (χ0) is 31.8. The molecular weight excluding hydrogens is 611 g/mol. The van der Waals surface area contributed by atoms with Gasteiger partial charge in [0, 0.05) is 61.1 Å². The van der Waals surface area contributed by atoms with Crippen LogP contribution in [0.2, 0.25) is 0 Å². The number of benzene rings is 3. The number of aromatic amines is 1. The predicted molar refractivity (Wildman–Crippen MR) is 162 cm³/mol. The molecular formula is C31H26F3N5O5S. The van der Waals surface area contributed by atoms with E-state index in [1.807, 2.05) is 9.80 Å². The monoisotopic (exact) mass is 637 g/mol. The number of anilines is 2. The fourth-order valence-electron chi connectivity index (χ4n) is 5.31. The molecule has 0 saturated carbocycles. The maximum absolute atomic E-state index is 13.2. The van der Waals surface area contributed by atoms with Crippen molar-refractivity contribution in [3.8, 4) is 5.75 Å². The summed E-state index contributed by atoms with van der Waals surface area (Å²) < 4.78 is 72.6. The molecule has 3 aromatic carbocycles. The molecule has 0 bridgehead atoms. The fourth-order valence-corrected chi connectivity index (χ4v) is 6.47. The molecule has 0 atom stereocenters. The lowest BCUT2D eigenvalue weighted by atomic mass is 10.1. The lowest BCUT2D eigenvalue weighted by Gasteiger charge is -2.38. The van der Waals surface area contributed by atoms with Crippen LogP contribution in [0.25, 0.3) is 10.8 Å². The summed E-state index contributed by atoms with van der Waals surface area (Å²) in [5, 5.41) is 1.13. The molecule has 0 radical (unpaired) electrons. The van der Waals surface area contributed by atoms with Gasteiger partial charge in [0.15, 0.2) is 0 Å². The van der Waals surface area contributed by atoms with Gasteiger partial charge in [0.2, 0.25) is 0 Å². The van der Waals surface area contributed by atoms with Gasteiger partial charge in [-0.3, -0.25) is 19.3 Å². The van der Waals surface area contributed by atoms with Crippen molar-refractivity contribution in [3.63, 3.8) is 0 Å². The first kappa shape index (κ1) is 29.9. The largest absolute Gasteiger partial charge is 0.416 e. The van der Waals surface area contributed by atoms with E-state index >= 15 is 0 Å². The number of aromatic nitrogens is 3. The molecule has 0 aliphatic carbocycles. The average molecular weight is 638 g/mol. The highest BCUT2D eigenvalue weighted by Crippen LogP contribution is 2.32. The number of fused-ring (bicyclic) bond motifs is 1. The van der Waals surface area contributed by atoms with Crippen LogP contribution in [0.5, 0.6) is 5.75 Å². The van der Waals surface area contributed by atoms with Gasteiger partial charge in [-0.05, 0) is 48.0 Å². The maximum atomic E-state index is 13.2. The summed E-state index contributed by atoms with van der Waals surface area (Å²) in [6.45, 7) is 1.51. The molecule has 0 amide bonds. The Morgan fingerprint density at radius 1 is 0.867 bits per heavy atom. The molecule has 232 valence electrons. The number of hydrogen-bond donors (Lipinski definition) is 1. The van der Waals surface area contributed by atoms with Crippen LogP contribution in [0, 0.1) is 0 Å². The van der Waals surface area contributed by atoms with Gasteiger partial charge in [-0.2, -0.15) is 21.6 Å². The fraction of sp³-hybridized carbons (Fsp3) is 0.194. The van der Waals surface area contributed by atoms with Crippen LogP contribution >= 0.6 is 0 Å². The van der Waals surface area contributed by atoms with E-state index in [0.717, 1.165) is 12.1 Å². The van der Waals surface area contributed by atoms with Crippen molar-refractivity contribution < 1.29 is 25.8 Å². The maximum Gasteiger partial charge on any atom is 0.416 e. The zero-order valence-corrected chi connectivity index (χ0v) is 24.4. The van der Waals surface area contributed by atoms with E-state index in [1.54, 1.807) is 42.6 Å². The first-order chi connectivity index (χ1) is 21.5. The van der Waals surface area contributed by atoms with Gasteiger partial charge in [0.05, 0.1) is 12.1 Å². The quantitative estimate of drug-likeness (QED) is 0.264. The first-order valence-electron chi connectivity index (χ1n) is 13.9.